The Kier molecular flexibility index (Phi) is 4.54. The summed E-state index contributed by atoms with van der Waals surface area (Å²) in [6, 6.07) is 6.69. The Morgan fingerprint density at radius 3 is 2.81 bits per heavy atom. The monoisotopic (exact) mass is 305 g/mol. The Hall–Kier alpha value is -2.41. The summed E-state index contributed by atoms with van der Waals surface area (Å²) in [6.07, 6.45) is 0. The van der Waals surface area contributed by atoms with Crippen LogP contribution in [-0.2, 0) is 6.54 Å². The number of hydrogen-bond acceptors (Lipinski definition) is 4. The molecule has 0 aliphatic carbocycles. The highest BCUT2D eigenvalue weighted by Crippen LogP contribution is 2.23. The summed E-state index contributed by atoms with van der Waals surface area (Å²) in [5.41, 5.74) is 1.75. The number of nitrogens with one attached hydrogen (secondary N) is 1. The van der Waals surface area contributed by atoms with E-state index in [9.17, 15) is 9.59 Å². The van der Waals surface area contributed by atoms with Gasteiger partial charge in [-0.3, -0.25) is 10.3 Å². The van der Waals surface area contributed by atoms with E-state index in [1.807, 2.05) is 25.1 Å². The second kappa shape index (κ2) is 6.36. The third kappa shape index (κ3) is 3.79. The molecule has 0 saturated carbocycles. The van der Waals surface area contributed by atoms with Crippen LogP contribution in [0.2, 0.25) is 0 Å². The number of amides is 2. The number of thiophene rings is 1. The molecule has 0 bridgehead atoms. The number of carboxylic acids is 1. The van der Waals surface area contributed by atoms with Crippen molar-refractivity contribution in [3.63, 3.8) is 0 Å². The maximum absolute atomic E-state index is 12.1. The highest BCUT2D eigenvalue weighted by molar-refractivity contribution is 7.14. The average Bonchev–Trinajstić information content (AvgIpc) is 2.87. The van der Waals surface area contributed by atoms with E-state index < -0.39 is 5.97 Å². The van der Waals surface area contributed by atoms with Gasteiger partial charge in [0.2, 0.25) is 0 Å². The minimum absolute atomic E-state index is 0.0930. The summed E-state index contributed by atoms with van der Waals surface area (Å²) >= 11 is 1.18. The van der Waals surface area contributed by atoms with Gasteiger partial charge < -0.3 is 10.0 Å². The number of carbonyl (C=O) groups excluding carboxylic acids is 1. The van der Waals surface area contributed by atoms with Crippen molar-refractivity contribution in [3.05, 3.63) is 46.6 Å². The number of anilines is 1. The van der Waals surface area contributed by atoms with Crippen LogP contribution in [-0.4, -0.2) is 34.0 Å². The van der Waals surface area contributed by atoms with Gasteiger partial charge in [-0.1, -0.05) is 6.07 Å². The van der Waals surface area contributed by atoms with E-state index in [0.717, 1.165) is 11.4 Å². The molecule has 2 rings (SSSR count). The zero-order chi connectivity index (χ0) is 15.4. The Balaban J connectivity index is 2.03. The molecule has 0 aromatic carbocycles. The fourth-order valence-electron chi connectivity index (χ4n) is 1.77. The SMILES string of the molecule is Cc1cccc(CN(C)C(=O)Nc2sccc2C(=O)O)n1. The number of pyridine rings is 1. The largest absolute Gasteiger partial charge is 0.478 e. The Bertz CT molecular complexity index is 669. The van der Waals surface area contributed by atoms with E-state index in [-0.39, 0.29) is 11.6 Å². The first-order valence-electron chi connectivity index (χ1n) is 6.23. The summed E-state index contributed by atoms with van der Waals surface area (Å²) in [7, 11) is 1.63. The Morgan fingerprint density at radius 2 is 2.14 bits per heavy atom. The van der Waals surface area contributed by atoms with Crippen LogP contribution in [0.4, 0.5) is 9.80 Å². The average molecular weight is 305 g/mol. The fraction of sp³-hybridized carbons (Fsp3) is 0.214. The van der Waals surface area contributed by atoms with Crippen LogP contribution in [0.1, 0.15) is 21.7 Å². The molecule has 0 unspecified atom stereocenters. The highest BCUT2D eigenvalue weighted by Gasteiger charge is 2.16. The number of aromatic carboxylic acids is 1. The van der Waals surface area contributed by atoms with Crippen LogP contribution in [0.25, 0.3) is 0 Å². The van der Waals surface area contributed by atoms with Crippen molar-refractivity contribution in [2.75, 3.05) is 12.4 Å². The van der Waals surface area contributed by atoms with Crippen molar-refractivity contribution in [1.82, 2.24) is 9.88 Å². The van der Waals surface area contributed by atoms with E-state index in [1.165, 1.54) is 22.3 Å². The van der Waals surface area contributed by atoms with Gasteiger partial charge in [-0.15, -0.1) is 11.3 Å². The number of aryl methyl sites for hydroxylation is 1. The van der Waals surface area contributed by atoms with Crippen LogP contribution >= 0.6 is 11.3 Å². The van der Waals surface area contributed by atoms with Crippen molar-refractivity contribution in [3.8, 4) is 0 Å². The first-order valence-corrected chi connectivity index (χ1v) is 7.11. The van der Waals surface area contributed by atoms with Crippen LogP contribution in [0.5, 0.6) is 0 Å². The normalized spacial score (nSPS) is 10.2. The smallest absolute Gasteiger partial charge is 0.338 e. The van der Waals surface area contributed by atoms with E-state index in [0.29, 0.717) is 11.5 Å². The van der Waals surface area contributed by atoms with E-state index in [4.69, 9.17) is 5.11 Å². The lowest BCUT2D eigenvalue weighted by molar-refractivity contribution is 0.0698. The molecule has 6 nitrogen and oxygen atoms in total. The summed E-state index contributed by atoms with van der Waals surface area (Å²) < 4.78 is 0. The van der Waals surface area contributed by atoms with Crippen molar-refractivity contribution in [1.29, 1.82) is 0 Å². The summed E-state index contributed by atoms with van der Waals surface area (Å²) in [6.45, 7) is 2.23. The number of hydrogen-bond donors (Lipinski definition) is 2. The number of carbonyl (C=O) groups is 2. The van der Waals surface area contributed by atoms with Gasteiger partial charge in [0.15, 0.2) is 0 Å². The molecule has 2 heterocycles. The predicted molar refractivity (Wildman–Crippen MR) is 80.7 cm³/mol. The molecule has 0 radical (unpaired) electrons. The Labute approximate surface area is 126 Å². The molecule has 0 saturated heterocycles. The molecule has 110 valence electrons. The minimum Gasteiger partial charge on any atom is -0.478 e. The number of carboxylic acid groups (broad SMARTS) is 1. The number of aromatic nitrogens is 1. The zero-order valence-electron chi connectivity index (χ0n) is 11.7. The lowest BCUT2D eigenvalue weighted by Gasteiger charge is -2.17. The number of urea groups is 1. The van der Waals surface area contributed by atoms with Crippen LogP contribution < -0.4 is 5.32 Å². The van der Waals surface area contributed by atoms with Gasteiger partial charge in [-0.25, -0.2) is 9.59 Å². The molecule has 7 heteroatoms. The molecule has 0 spiro atoms. The molecule has 0 fully saturated rings. The van der Waals surface area contributed by atoms with Gasteiger partial charge in [-0.2, -0.15) is 0 Å². The van der Waals surface area contributed by atoms with Gasteiger partial charge in [0, 0.05) is 12.7 Å². The molecular weight excluding hydrogens is 290 g/mol. The molecule has 21 heavy (non-hydrogen) atoms. The minimum atomic E-state index is -1.06. The fourth-order valence-corrected chi connectivity index (χ4v) is 2.54. The molecule has 0 aliphatic heterocycles. The van der Waals surface area contributed by atoms with E-state index >= 15 is 0 Å². The summed E-state index contributed by atoms with van der Waals surface area (Å²) in [5, 5.41) is 13.6. The van der Waals surface area contributed by atoms with Gasteiger partial charge >= 0.3 is 12.0 Å². The first-order chi connectivity index (χ1) is 9.97. The molecule has 2 N–H and O–H groups in total. The number of rotatable bonds is 4. The highest BCUT2D eigenvalue weighted by atomic mass is 32.1. The standard InChI is InChI=1S/C14H15N3O3S/c1-9-4-3-5-10(15-9)8-17(2)14(20)16-12-11(13(18)19)6-7-21-12/h3-7H,8H2,1-2H3,(H,16,20)(H,18,19). The topological polar surface area (TPSA) is 82.5 Å². The summed E-state index contributed by atoms with van der Waals surface area (Å²) in [5.74, 6) is -1.06. The van der Waals surface area contributed by atoms with Crippen LogP contribution in [0, 0.1) is 6.92 Å². The zero-order valence-corrected chi connectivity index (χ0v) is 12.5. The maximum atomic E-state index is 12.1. The third-order valence-corrected chi connectivity index (χ3v) is 3.64. The second-order valence-electron chi connectivity index (χ2n) is 4.53. The maximum Gasteiger partial charge on any atom is 0.338 e. The van der Waals surface area contributed by atoms with Crippen molar-refractivity contribution in [2.24, 2.45) is 0 Å². The molecule has 0 atom stereocenters. The van der Waals surface area contributed by atoms with Gasteiger partial charge in [-0.05, 0) is 30.5 Å². The van der Waals surface area contributed by atoms with E-state index in [1.54, 1.807) is 12.4 Å². The number of nitrogens with zero attached hydrogens (tertiary/aromatic N) is 2. The van der Waals surface area contributed by atoms with Gasteiger partial charge in [0.1, 0.15) is 5.00 Å². The molecule has 2 aromatic heterocycles. The lowest BCUT2D eigenvalue weighted by atomic mass is 10.3. The summed E-state index contributed by atoms with van der Waals surface area (Å²) in [4.78, 5) is 28.8. The third-order valence-electron chi connectivity index (χ3n) is 2.81. The molecule has 2 aromatic rings. The van der Waals surface area contributed by atoms with E-state index in [2.05, 4.69) is 10.3 Å². The lowest BCUT2D eigenvalue weighted by Crippen LogP contribution is -2.31. The van der Waals surface area contributed by atoms with Crippen molar-refractivity contribution in [2.45, 2.75) is 13.5 Å². The van der Waals surface area contributed by atoms with Crippen molar-refractivity contribution < 1.29 is 14.7 Å². The van der Waals surface area contributed by atoms with Crippen LogP contribution in [0.3, 0.4) is 0 Å². The van der Waals surface area contributed by atoms with Crippen molar-refractivity contribution >= 4 is 28.3 Å². The van der Waals surface area contributed by atoms with Gasteiger partial charge in [0.25, 0.3) is 0 Å². The van der Waals surface area contributed by atoms with Gasteiger partial charge in [0.05, 0.1) is 17.8 Å². The molecule has 0 aliphatic rings. The first kappa shape index (κ1) is 15.0. The van der Waals surface area contributed by atoms with Crippen LogP contribution in [0.15, 0.2) is 29.6 Å². The second-order valence-corrected chi connectivity index (χ2v) is 5.44. The quantitative estimate of drug-likeness (QED) is 0.910. The predicted octanol–water partition coefficient (Wildman–Crippen LogP) is 2.81. The molecular formula is C14H15N3O3S. The Morgan fingerprint density at radius 1 is 1.38 bits per heavy atom. The molecule has 2 amide bonds.